The molecule has 0 spiro atoms. The Morgan fingerprint density at radius 3 is 2.38 bits per heavy atom. The van der Waals surface area contributed by atoms with E-state index in [2.05, 4.69) is 0 Å². The van der Waals surface area contributed by atoms with E-state index in [4.69, 9.17) is 19.3 Å². The van der Waals surface area contributed by atoms with Gasteiger partial charge in [0.05, 0.1) is 17.6 Å². The van der Waals surface area contributed by atoms with E-state index >= 15 is 0 Å². The molecule has 4 bridgehead atoms. The van der Waals surface area contributed by atoms with Crippen LogP contribution < -0.4 is 0 Å². The minimum atomic E-state index is -4.30. The van der Waals surface area contributed by atoms with Crippen LogP contribution in [0.2, 0.25) is 0 Å². The first-order valence-electron chi connectivity index (χ1n) is 8.82. The molecule has 4 aliphatic carbocycles. The smallest absolute Gasteiger partial charge is 0.456 e. The molecule has 0 aromatic rings. The Morgan fingerprint density at radius 2 is 1.85 bits per heavy atom. The number of halogens is 2. The molecule has 5 fully saturated rings. The quantitative estimate of drug-likeness (QED) is 0.734. The van der Waals surface area contributed by atoms with Crippen LogP contribution in [-0.2, 0) is 28.6 Å². The summed E-state index contributed by atoms with van der Waals surface area (Å²) in [6.45, 7) is 0.187. The van der Waals surface area contributed by atoms with Gasteiger partial charge in [0.15, 0.2) is 0 Å². The molecule has 4 saturated carbocycles. The average molecular weight is 374 g/mol. The lowest BCUT2D eigenvalue weighted by Crippen LogP contribution is -2.61. The van der Waals surface area contributed by atoms with Gasteiger partial charge in [-0.15, -0.1) is 0 Å². The van der Waals surface area contributed by atoms with E-state index in [0.717, 1.165) is 6.42 Å². The van der Waals surface area contributed by atoms with Gasteiger partial charge in [0.1, 0.15) is 0 Å². The number of hydrogen-bond acceptors (Lipinski definition) is 6. The zero-order valence-corrected chi connectivity index (χ0v) is 14.0. The van der Waals surface area contributed by atoms with Crippen molar-refractivity contribution in [1.29, 1.82) is 0 Å². The normalized spacial score (nSPS) is 41.2. The molecule has 0 aromatic carbocycles. The average Bonchev–Trinajstić information content (AvgIpc) is 2.89. The number of carboxylic acid groups (broad SMARTS) is 1. The number of cyclic esters (lactones) is 1. The fourth-order valence-corrected chi connectivity index (χ4v) is 5.69. The lowest BCUT2D eigenvalue weighted by atomic mass is 9.48. The highest BCUT2D eigenvalue weighted by atomic mass is 19.3. The van der Waals surface area contributed by atoms with Crippen LogP contribution in [0.5, 0.6) is 0 Å². The molecule has 9 heteroatoms. The van der Waals surface area contributed by atoms with Gasteiger partial charge in [-0.25, -0.2) is 9.59 Å². The molecule has 0 amide bonds. The number of carbonyl (C=O) groups is 3. The van der Waals surface area contributed by atoms with Crippen molar-refractivity contribution in [3.05, 3.63) is 0 Å². The molecule has 7 nitrogen and oxygen atoms in total. The number of alkyl halides is 2. The Balaban J connectivity index is 1.57. The first kappa shape index (κ1) is 17.6. The summed E-state index contributed by atoms with van der Waals surface area (Å²) in [5.74, 6) is -3.50. The fourth-order valence-electron chi connectivity index (χ4n) is 5.69. The predicted octanol–water partition coefficient (Wildman–Crippen LogP) is 1.88. The van der Waals surface area contributed by atoms with Gasteiger partial charge < -0.3 is 19.3 Å². The Hall–Kier alpha value is -1.77. The first-order chi connectivity index (χ1) is 12.1. The van der Waals surface area contributed by atoms with Gasteiger partial charge in [0, 0.05) is 6.42 Å². The number of ether oxygens (including phenoxy) is 3. The molecule has 3 atom stereocenters. The van der Waals surface area contributed by atoms with Crippen LogP contribution in [0.1, 0.15) is 44.9 Å². The molecule has 1 saturated heterocycles. The zero-order valence-electron chi connectivity index (χ0n) is 14.0. The Bertz CT molecular complexity index is 647. The van der Waals surface area contributed by atoms with Gasteiger partial charge in [0.25, 0.3) is 0 Å². The molecular weight excluding hydrogens is 354 g/mol. The second-order valence-electron chi connectivity index (χ2n) is 8.20. The topological polar surface area (TPSA) is 99.1 Å². The zero-order chi connectivity index (χ0) is 18.7. The predicted molar refractivity (Wildman–Crippen MR) is 79.0 cm³/mol. The highest BCUT2D eigenvalue weighted by Gasteiger charge is 2.65. The summed E-state index contributed by atoms with van der Waals surface area (Å²) in [7, 11) is 0. The third-order valence-electron chi connectivity index (χ3n) is 6.17. The third kappa shape index (κ3) is 2.76. The molecule has 5 aliphatic rings. The lowest BCUT2D eigenvalue weighted by molar-refractivity contribution is -0.321. The van der Waals surface area contributed by atoms with Gasteiger partial charge in [-0.3, -0.25) is 4.79 Å². The van der Waals surface area contributed by atoms with Crippen LogP contribution in [0.3, 0.4) is 0 Å². The van der Waals surface area contributed by atoms with E-state index in [1.165, 1.54) is 0 Å². The van der Waals surface area contributed by atoms with Crippen molar-refractivity contribution < 1.29 is 42.5 Å². The van der Waals surface area contributed by atoms with E-state index in [1.54, 1.807) is 0 Å². The van der Waals surface area contributed by atoms with E-state index in [-0.39, 0.29) is 31.3 Å². The van der Waals surface area contributed by atoms with Crippen LogP contribution in [-0.4, -0.2) is 47.4 Å². The van der Waals surface area contributed by atoms with Crippen molar-refractivity contribution in [3.8, 4) is 0 Å². The van der Waals surface area contributed by atoms with Gasteiger partial charge in [-0.1, -0.05) is 0 Å². The van der Waals surface area contributed by atoms with Crippen molar-refractivity contribution in [2.45, 2.75) is 62.8 Å². The van der Waals surface area contributed by atoms with Crippen LogP contribution in [0.4, 0.5) is 8.78 Å². The SMILES string of the molecule is O=C1OCCC1OC(=O)C12CC3CC(CC(OC(F)(F)C(=O)O)(C3)C1)C2. The van der Waals surface area contributed by atoms with E-state index < -0.39 is 41.1 Å². The van der Waals surface area contributed by atoms with Gasteiger partial charge in [-0.2, -0.15) is 8.78 Å². The monoisotopic (exact) mass is 374 g/mol. The highest BCUT2D eigenvalue weighted by Crippen LogP contribution is 2.64. The second kappa shape index (κ2) is 5.61. The molecule has 1 N–H and O–H groups in total. The Labute approximate surface area is 148 Å². The molecule has 144 valence electrons. The number of carbonyl (C=O) groups excluding carboxylic acids is 2. The fraction of sp³-hybridized carbons (Fsp3) is 0.824. The summed E-state index contributed by atoms with van der Waals surface area (Å²) < 4.78 is 42.5. The number of rotatable bonds is 5. The molecule has 0 radical (unpaired) electrons. The van der Waals surface area contributed by atoms with Crippen molar-refractivity contribution in [2.24, 2.45) is 17.3 Å². The molecule has 1 heterocycles. The lowest BCUT2D eigenvalue weighted by Gasteiger charge is -2.60. The van der Waals surface area contributed by atoms with Gasteiger partial charge in [-0.05, 0) is 50.4 Å². The summed E-state index contributed by atoms with van der Waals surface area (Å²) in [5.41, 5.74) is -2.34. The number of hydrogen-bond donors (Lipinski definition) is 1. The first-order valence-corrected chi connectivity index (χ1v) is 8.82. The maximum atomic E-state index is 13.8. The Morgan fingerprint density at radius 1 is 1.19 bits per heavy atom. The van der Waals surface area contributed by atoms with Crippen LogP contribution in [0.15, 0.2) is 0 Å². The van der Waals surface area contributed by atoms with Gasteiger partial charge >= 0.3 is 24.0 Å². The second-order valence-corrected chi connectivity index (χ2v) is 8.20. The molecule has 26 heavy (non-hydrogen) atoms. The van der Waals surface area contributed by atoms with Gasteiger partial charge in [0.2, 0.25) is 6.10 Å². The highest BCUT2D eigenvalue weighted by molar-refractivity contribution is 5.83. The molecular formula is C17H20F2O7. The molecule has 0 aromatic heterocycles. The Kier molecular flexibility index (Phi) is 3.81. The summed E-state index contributed by atoms with van der Waals surface area (Å²) in [4.78, 5) is 35.2. The van der Waals surface area contributed by atoms with E-state index in [9.17, 15) is 23.2 Å². The summed E-state index contributed by atoms with van der Waals surface area (Å²) in [5, 5.41) is 8.72. The summed E-state index contributed by atoms with van der Waals surface area (Å²) in [6.07, 6.45) is -2.55. The number of aliphatic carboxylic acids is 1. The third-order valence-corrected chi connectivity index (χ3v) is 6.17. The van der Waals surface area contributed by atoms with E-state index in [1.807, 2.05) is 0 Å². The van der Waals surface area contributed by atoms with Crippen molar-refractivity contribution in [1.82, 2.24) is 0 Å². The van der Waals surface area contributed by atoms with Crippen molar-refractivity contribution >= 4 is 17.9 Å². The molecule has 1 aliphatic heterocycles. The van der Waals surface area contributed by atoms with Crippen molar-refractivity contribution in [3.63, 3.8) is 0 Å². The molecule has 3 unspecified atom stereocenters. The minimum absolute atomic E-state index is 0.00350. The largest absolute Gasteiger partial charge is 0.475 e. The maximum absolute atomic E-state index is 13.8. The van der Waals surface area contributed by atoms with E-state index in [0.29, 0.717) is 25.7 Å². The molecule has 5 rings (SSSR count). The number of esters is 2. The van der Waals surface area contributed by atoms with Crippen LogP contribution in [0, 0.1) is 17.3 Å². The maximum Gasteiger partial charge on any atom is 0.456 e. The van der Waals surface area contributed by atoms with Crippen LogP contribution in [0.25, 0.3) is 0 Å². The number of carboxylic acids is 1. The minimum Gasteiger partial charge on any atom is -0.475 e. The standard InChI is InChI=1S/C17H20F2O7/c18-17(19,13(21)22)26-16-6-9-3-10(7-16)5-15(4-9,8-16)14(23)25-11-1-2-24-12(11)20/h9-11H,1-8H2,(H,21,22). The summed E-state index contributed by atoms with van der Waals surface area (Å²) in [6, 6.07) is 0. The summed E-state index contributed by atoms with van der Waals surface area (Å²) >= 11 is 0. The van der Waals surface area contributed by atoms with Crippen LogP contribution >= 0.6 is 0 Å². The van der Waals surface area contributed by atoms with Crippen molar-refractivity contribution in [2.75, 3.05) is 6.61 Å².